The average molecular weight is 429 g/mol. The number of nitro benzene ring substituents is 1. The Morgan fingerprint density at radius 1 is 1.15 bits per heavy atom. The Morgan fingerprint density at radius 3 is 2.59 bits per heavy atom. The number of nitrogens with one attached hydrogen (secondary N) is 1. The summed E-state index contributed by atoms with van der Waals surface area (Å²) in [7, 11) is 0. The van der Waals surface area contributed by atoms with Gasteiger partial charge in [-0.15, -0.1) is 11.8 Å². The number of non-ortho nitro benzene ring substituents is 1. The van der Waals surface area contributed by atoms with Crippen LogP contribution in [-0.4, -0.2) is 29.2 Å². The topological polar surface area (TPSA) is 98.5 Å². The van der Waals surface area contributed by atoms with Crippen LogP contribution in [0.15, 0.2) is 47.4 Å². The minimum absolute atomic E-state index is 0.0705. The molecule has 0 saturated heterocycles. The van der Waals surface area contributed by atoms with Crippen LogP contribution in [0.5, 0.6) is 0 Å². The van der Waals surface area contributed by atoms with Crippen molar-refractivity contribution < 1.29 is 19.2 Å². The van der Waals surface area contributed by atoms with Crippen LogP contribution in [0.25, 0.3) is 0 Å². The summed E-state index contributed by atoms with van der Waals surface area (Å²) in [6, 6.07) is 10.9. The molecule has 7 nitrogen and oxygen atoms in total. The van der Waals surface area contributed by atoms with Gasteiger partial charge in [-0.1, -0.05) is 35.3 Å². The molecule has 2 aromatic rings. The van der Waals surface area contributed by atoms with Crippen molar-refractivity contribution in [3.05, 3.63) is 62.6 Å². The summed E-state index contributed by atoms with van der Waals surface area (Å²) in [5.41, 5.74) is -0.149. The minimum atomic E-state index is -0.649. The highest BCUT2D eigenvalue weighted by Crippen LogP contribution is 2.27. The maximum Gasteiger partial charge on any atom is 0.307 e. The molecule has 0 aromatic heterocycles. The van der Waals surface area contributed by atoms with E-state index in [1.54, 1.807) is 6.07 Å². The number of rotatable bonds is 8. The van der Waals surface area contributed by atoms with Gasteiger partial charge in [0.2, 0.25) is 0 Å². The van der Waals surface area contributed by atoms with Gasteiger partial charge in [-0.3, -0.25) is 19.7 Å². The first kappa shape index (κ1) is 21.0. The fourth-order valence-corrected chi connectivity index (χ4v) is 3.27. The van der Waals surface area contributed by atoms with Gasteiger partial charge in [-0.2, -0.15) is 0 Å². The van der Waals surface area contributed by atoms with Gasteiger partial charge in [0, 0.05) is 22.8 Å². The molecule has 2 aromatic carbocycles. The number of esters is 1. The number of nitro groups is 1. The van der Waals surface area contributed by atoms with Gasteiger partial charge in [0.15, 0.2) is 6.61 Å². The van der Waals surface area contributed by atoms with E-state index in [1.807, 2.05) is 18.2 Å². The number of hydrogen-bond acceptors (Lipinski definition) is 6. The lowest BCUT2D eigenvalue weighted by Gasteiger charge is -2.08. The molecule has 0 atom stereocenters. The first-order valence-electron chi connectivity index (χ1n) is 7.63. The fraction of sp³-hybridized carbons (Fsp3) is 0.176. The second kappa shape index (κ2) is 10.1. The number of thioether (sulfide) groups is 1. The summed E-state index contributed by atoms with van der Waals surface area (Å²) in [6.07, 6.45) is 0.0980. The van der Waals surface area contributed by atoms with Gasteiger partial charge in [0.05, 0.1) is 27.1 Å². The predicted octanol–water partition coefficient (Wildman–Crippen LogP) is 4.57. The molecule has 0 unspecified atom stereocenters. The van der Waals surface area contributed by atoms with E-state index in [-0.39, 0.29) is 22.8 Å². The Labute approximate surface area is 169 Å². The molecule has 0 bridgehead atoms. The lowest BCUT2D eigenvalue weighted by atomic mass is 10.3. The average Bonchev–Trinajstić information content (AvgIpc) is 2.63. The highest BCUT2D eigenvalue weighted by molar-refractivity contribution is 7.99. The molecule has 0 radical (unpaired) electrons. The highest BCUT2D eigenvalue weighted by atomic mass is 35.5. The first-order chi connectivity index (χ1) is 12.9. The van der Waals surface area contributed by atoms with E-state index in [1.165, 1.54) is 23.9 Å². The summed E-state index contributed by atoms with van der Waals surface area (Å²) < 4.78 is 4.89. The molecule has 0 fully saturated rings. The van der Waals surface area contributed by atoms with E-state index in [2.05, 4.69) is 5.32 Å². The quantitative estimate of drug-likeness (QED) is 0.286. The summed E-state index contributed by atoms with van der Waals surface area (Å²) >= 11 is 13.3. The smallest absolute Gasteiger partial charge is 0.307 e. The van der Waals surface area contributed by atoms with Crippen molar-refractivity contribution in [1.82, 2.24) is 0 Å². The molecule has 0 heterocycles. The van der Waals surface area contributed by atoms with Gasteiger partial charge >= 0.3 is 5.97 Å². The Balaban J connectivity index is 1.77. The summed E-state index contributed by atoms with van der Waals surface area (Å²) in [4.78, 5) is 34.6. The van der Waals surface area contributed by atoms with Gasteiger partial charge in [0.1, 0.15) is 0 Å². The van der Waals surface area contributed by atoms with Crippen molar-refractivity contribution in [3.8, 4) is 0 Å². The van der Waals surface area contributed by atoms with Crippen LogP contribution in [0.1, 0.15) is 6.42 Å². The van der Waals surface area contributed by atoms with Crippen LogP contribution in [0.3, 0.4) is 0 Å². The first-order valence-corrected chi connectivity index (χ1v) is 9.37. The molecule has 0 aliphatic heterocycles. The standard InChI is InChI=1S/C17H14Cl2N2O5S/c18-12-6-5-11(21(24)25)9-14(12)20-16(22)10-26-17(23)7-8-27-15-4-2-1-3-13(15)19/h1-6,9H,7-8,10H2,(H,20,22). The fourth-order valence-electron chi connectivity index (χ4n) is 1.93. The number of hydrogen-bond donors (Lipinski definition) is 1. The van der Waals surface area contributed by atoms with Crippen LogP contribution in [0.2, 0.25) is 10.0 Å². The molecular formula is C17H14Cl2N2O5S. The van der Waals surface area contributed by atoms with Crippen molar-refractivity contribution in [1.29, 1.82) is 0 Å². The number of amides is 1. The van der Waals surface area contributed by atoms with Crippen LogP contribution < -0.4 is 5.32 Å². The summed E-state index contributed by atoms with van der Waals surface area (Å²) in [5, 5.41) is 13.9. The van der Waals surface area contributed by atoms with E-state index in [4.69, 9.17) is 27.9 Å². The molecule has 2 rings (SSSR count). The molecule has 27 heavy (non-hydrogen) atoms. The number of benzene rings is 2. The number of nitrogens with zero attached hydrogens (tertiary/aromatic N) is 1. The van der Waals surface area contributed by atoms with Crippen LogP contribution in [0, 0.1) is 10.1 Å². The molecule has 1 N–H and O–H groups in total. The third-order valence-corrected chi connectivity index (χ3v) is 5.05. The Kier molecular flexibility index (Phi) is 7.90. The number of carbonyl (C=O) groups excluding carboxylic acids is 2. The van der Waals surface area contributed by atoms with E-state index in [0.717, 1.165) is 11.0 Å². The predicted molar refractivity (Wildman–Crippen MR) is 104 cm³/mol. The number of halogens is 2. The van der Waals surface area contributed by atoms with Crippen molar-refractivity contribution >= 4 is 58.2 Å². The van der Waals surface area contributed by atoms with Crippen molar-refractivity contribution in [2.75, 3.05) is 17.7 Å². The zero-order valence-corrected chi connectivity index (χ0v) is 16.1. The maximum atomic E-state index is 11.9. The molecule has 0 saturated carbocycles. The minimum Gasteiger partial charge on any atom is -0.456 e. The maximum absolute atomic E-state index is 11.9. The largest absolute Gasteiger partial charge is 0.456 e. The van der Waals surface area contributed by atoms with E-state index in [0.29, 0.717) is 10.8 Å². The third kappa shape index (κ3) is 6.74. The van der Waals surface area contributed by atoms with E-state index < -0.39 is 23.4 Å². The molecular weight excluding hydrogens is 415 g/mol. The Morgan fingerprint density at radius 2 is 1.89 bits per heavy atom. The van der Waals surface area contributed by atoms with Gasteiger partial charge in [0.25, 0.3) is 11.6 Å². The zero-order chi connectivity index (χ0) is 19.8. The monoisotopic (exact) mass is 428 g/mol. The summed E-state index contributed by atoms with van der Waals surface area (Å²) in [6.45, 7) is -0.519. The van der Waals surface area contributed by atoms with Crippen molar-refractivity contribution in [2.24, 2.45) is 0 Å². The SMILES string of the molecule is O=C(COC(=O)CCSc1ccccc1Cl)Nc1cc([N+](=O)[O-])ccc1Cl. The van der Waals surface area contributed by atoms with Crippen LogP contribution in [-0.2, 0) is 14.3 Å². The van der Waals surface area contributed by atoms with Crippen LogP contribution >= 0.6 is 35.0 Å². The van der Waals surface area contributed by atoms with Gasteiger partial charge in [-0.25, -0.2) is 0 Å². The normalized spacial score (nSPS) is 10.3. The van der Waals surface area contributed by atoms with Crippen LogP contribution in [0.4, 0.5) is 11.4 Å². The molecule has 0 spiro atoms. The third-order valence-electron chi connectivity index (χ3n) is 3.20. The lowest BCUT2D eigenvalue weighted by Crippen LogP contribution is -2.21. The number of carbonyl (C=O) groups is 2. The number of anilines is 1. The lowest BCUT2D eigenvalue weighted by molar-refractivity contribution is -0.384. The Bertz CT molecular complexity index is 863. The second-order valence-corrected chi connectivity index (χ2v) is 7.11. The molecule has 0 aliphatic rings. The van der Waals surface area contributed by atoms with E-state index >= 15 is 0 Å². The number of ether oxygens (including phenoxy) is 1. The van der Waals surface area contributed by atoms with Gasteiger partial charge in [-0.05, 0) is 18.2 Å². The van der Waals surface area contributed by atoms with E-state index in [9.17, 15) is 19.7 Å². The van der Waals surface area contributed by atoms with Gasteiger partial charge < -0.3 is 10.1 Å². The molecule has 142 valence electrons. The Hall–Kier alpha value is -2.29. The molecule has 0 aliphatic carbocycles. The van der Waals surface area contributed by atoms with Crippen molar-refractivity contribution in [3.63, 3.8) is 0 Å². The zero-order valence-electron chi connectivity index (χ0n) is 13.8. The van der Waals surface area contributed by atoms with Crippen molar-refractivity contribution in [2.45, 2.75) is 11.3 Å². The highest BCUT2D eigenvalue weighted by Gasteiger charge is 2.13. The molecule has 10 heteroatoms. The second-order valence-electron chi connectivity index (χ2n) is 5.16. The molecule has 1 amide bonds. The summed E-state index contributed by atoms with van der Waals surface area (Å²) in [5.74, 6) is -0.750.